The minimum atomic E-state index is 0.129. The lowest BCUT2D eigenvalue weighted by atomic mass is 10.2. The van der Waals surface area contributed by atoms with Crippen LogP contribution in [0.25, 0.3) is 0 Å². The van der Waals surface area contributed by atoms with Gasteiger partial charge in [0.25, 0.3) is 0 Å². The van der Waals surface area contributed by atoms with Crippen molar-refractivity contribution < 1.29 is 9.47 Å². The van der Waals surface area contributed by atoms with Gasteiger partial charge in [-0.2, -0.15) is 0 Å². The molecule has 1 fully saturated rings. The molecule has 0 saturated carbocycles. The third-order valence-electron chi connectivity index (χ3n) is 3.15. The van der Waals surface area contributed by atoms with Crippen molar-refractivity contribution in [1.29, 1.82) is 0 Å². The Kier molecular flexibility index (Phi) is 4.94. The van der Waals surface area contributed by atoms with Crippen molar-refractivity contribution in [3.8, 4) is 5.75 Å². The van der Waals surface area contributed by atoms with Crippen LogP contribution in [0.5, 0.6) is 5.75 Å². The molecule has 4 heteroatoms. The SMILES string of the molecule is CC(C)Oc1ccc(NCC2CCC(C)O2)cc1Cl. The molecule has 2 unspecified atom stereocenters. The lowest BCUT2D eigenvalue weighted by Gasteiger charge is -2.15. The molecule has 1 aromatic carbocycles. The predicted octanol–water partition coefficient (Wildman–Crippen LogP) is 4.11. The van der Waals surface area contributed by atoms with Gasteiger partial charge in [-0.15, -0.1) is 0 Å². The van der Waals surface area contributed by atoms with Gasteiger partial charge in [0.15, 0.2) is 0 Å². The second-order valence-corrected chi connectivity index (χ2v) is 5.75. The number of rotatable bonds is 5. The summed E-state index contributed by atoms with van der Waals surface area (Å²) in [6.07, 6.45) is 3.09. The Morgan fingerprint density at radius 2 is 2.21 bits per heavy atom. The highest BCUT2D eigenvalue weighted by atomic mass is 35.5. The first-order chi connectivity index (χ1) is 9.04. The van der Waals surface area contributed by atoms with Crippen LogP contribution in [0.15, 0.2) is 18.2 Å². The Labute approximate surface area is 120 Å². The molecular formula is C15H22ClNO2. The molecule has 19 heavy (non-hydrogen) atoms. The number of benzene rings is 1. The smallest absolute Gasteiger partial charge is 0.138 e. The summed E-state index contributed by atoms with van der Waals surface area (Å²) < 4.78 is 11.4. The van der Waals surface area contributed by atoms with Crippen LogP contribution in [-0.4, -0.2) is 24.9 Å². The van der Waals surface area contributed by atoms with E-state index in [-0.39, 0.29) is 6.10 Å². The average Bonchev–Trinajstić information content (AvgIpc) is 2.75. The first kappa shape index (κ1) is 14.5. The summed E-state index contributed by atoms with van der Waals surface area (Å²) in [4.78, 5) is 0. The standard InChI is InChI=1S/C15H22ClNO2/c1-10(2)18-15-7-5-12(8-14(15)16)17-9-13-6-4-11(3)19-13/h5,7-8,10-11,13,17H,4,6,9H2,1-3H3. The molecule has 3 nitrogen and oxygen atoms in total. The number of hydrogen-bond donors (Lipinski definition) is 1. The lowest BCUT2D eigenvalue weighted by molar-refractivity contribution is 0.0637. The van der Waals surface area contributed by atoms with Crippen LogP contribution in [0.2, 0.25) is 5.02 Å². The third kappa shape index (κ3) is 4.29. The van der Waals surface area contributed by atoms with Gasteiger partial charge < -0.3 is 14.8 Å². The van der Waals surface area contributed by atoms with Crippen molar-refractivity contribution in [3.63, 3.8) is 0 Å². The first-order valence-corrected chi connectivity index (χ1v) is 7.28. The van der Waals surface area contributed by atoms with Crippen molar-refractivity contribution in [2.75, 3.05) is 11.9 Å². The van der Waals surface area contributed by atoms with Crippen LogP contribution >= 0.6 is 11.6 Å². The Morgan fingerprint density at radius 1 is 1.42 bits per heavy atom. The summed E-state index contributed by atoms with van der Waals surface area (Å²) in [5.41, 5.74) is 1.00. The largest absolute Gasteiger partial charge is 0.489 e. The molecular weight excluding hydrogens is 262 g/mol. The van der Waals surface area contributed by atoms with E-state index in [1.54, 1.807) is 0 Å². The second kappa shape index (κ2) is 6.49. The van der Waals surface area contributed by atoms with Crippen molar-refractivity contribution in [1.82, 2.24) is 0 Å². The highest BCUT2D eigenvalue weighted by molar-refractivity contribution is 6.32. The van der Waals surface area contributed by atoms with Gasteiger partial charge >= 0.3 is 0 Å². The molecule has 0 aliphatic carbocycles. The molecule has 0 aromatic heterocycles. The van der Waals surface area contributed by atoms with Crippen molar-refractivity contribution in [2.24, 2.45) is 0 Å². The van der Waals surface area contributed by atoms with Crippen LogP contribution in [0.4, 0.5) is 5.69 Å². The van der Waals surface area contributed by atoms with E-state index >= 15 is 0 Å². The molecule has 1 saturated heterocycles. The topological polar surface area (TPSA) is 30.5 Å². The second-order valence-electron chi connectivity index (χ2n) is 5.34. The van der Waals surface area contributed by atoms with Gasteiger partial charge in [0.2, 0.25) is 0 Å². The normalized spacial score (nSPS) is 22.8. The summed E-state index contributed by atoms with van der Waals surface area (Å²) in [5.74, 6) is 0.730. The zero-order chi connectivity index (χ0) is 13.8. The number of hydrogen-bond acceptors (Lipinski definition) is 3. The summed E-state index contributed by atoms with van der Waals surface area (Å²) in [6, 6.07) is 5.79. The molecule has 1 heterocycles. The summed E-state index contributed by atoms with van der Waals surface area (Å²) in [6.45, 7) is 6.92. The highest BCUT2D eigenvalue weighted by Gasteiger charge is 2.21. The maximum atomic E-state index is 6.20. The average molecular weight is 284 g/mol. The quantitative estimate of drug-likeness (QED) is 0.882. The van der Waals surface area contributed by atoms with E-state index in [2.05, 4.69) is 12.2 Å². The minimum absolute atomic E-state index is 0.129. The summed E-state index contributed by atoms with van der Waals surface area (Å²) in [5, 5.41) is 4.00. The Morgan fingerprint density at radius 3 is 2.79 bits per heavy atom. The van der Waals surface area contributed by atoms with E-state index in [9.17, 15) is 0 Å². The monoisotopic (exact) mass is 283 g/mol. The van der Waals surface area contributed by atoms with Crippen LogP contribution in [0.1, 0.15) is 33.6 Å². The molecule has 2 rings (SSSR count). The molecule has 1 aromatic rings. The molecule has 0 spiro atoms. The number of anilines is 1. The Hall–Kier alpha value is -0.930. The fourth-order valence-electron chi connectivity index (χ4n) is 2.23. The number of ether oxygens (including phenoxy) is 2. The first-order valence-electron chi connectivity index (χ1n) is 6.90. The van der Waals surface area contributed by atoms with Crippen LogP contribution in [0, 0.1) is 0 Å². The minimum Gasteiger partial charge on any atom is -0.489 e. The molecule has 106 valence electrons. The van der Waals surface area contributed by atoms with Gasteiger partial charge in [0.1, 0.15) is 5.75 Å². The molecule has 0 bridgehead atoms. The van der Waals surface area contributed by atoms with Crippen LogP contribution in [0.3, 0.4) is 0 Å². The third-order valence-corrected chi connectivity index (χ3v) is 3.44. The molecule has 2 atom stereocenters. The van der Waals surface area contributed by atoms with Gasteiger partial charge in [-0.3, -0.25) is 0 Å². The highest BCUT2D eigenvalue weighted by Crippen LogP contribution is 2.29. The zero-order valence-corrected chi connectivity index (χ0v) is 12.5. The van der Waals surface area contributed by atoms with E-state index in [0.717, 1.165) is 30.8 Å². The molecule has 0 radical (unpaired) electrons. The molecule has 1 aliphatic heterocycles. The fraction of sp³-hybridized carbons (Fsp3) is 0.600. The fourth-order valence-corrected chi connectivity index (χ4v) is 2.45. The maximum absolute atomic E-state index is 6.20. The van der Waals surface area contributed by atoms with E-state index in [1.807, 2.05) is 32.0 Å². The van der Waals surface area contributed by atoms with Crippen LogP contribution in [-0.2, 0) is 4.74 Å². The Bertz CT molecular complexity index is 423. The van der Waals surface area contributed by atoms with Gasteiger partial charge in [-0.05, 0) is 51.8 Å². The van der Waals surface area contributed by atoms with E-state index in [4.69, 9.17) is 21.1 Å². The summed E-state index contributed by atoms with van der Waals surface area (Å²) in [7, 11) is 0. The van der Waals surface area contributed by atoms with Gasteiger partial charge in [0.05, 0.1) is 23.3 Å². The van der Waals surface area contributed by atoms with E-state index in [0.29, 0.717) is 17.2 Å². The molecule has 0 amide bonds. The maximum Gasteiger partial charge on any atom is 0.138 e. The predicted molar refractivity (Wildman–Crippen MR) is 79.3 cm³/mol. The van der Waals surface area contributed by atoms with Crippen molar-refractivity contribution in [3.05, 3.63) is 23.2 Å². The summed E-state index contributed by atoms with van der Waals surface area (Å²) >= 11 is 6.20. The lowest BCUT2D eigenvalue weighted by Crippen LogP contribution is -2.19. The van der Waals surface area contributed by atoms with Crippen molar-refractivity contribution >= 4 is 17.3 Å². The molecule has 1 N–H and O–H groups in total. The number of halogens is 1. The van der Waals surface area contributed by atoms with Gasteiger partial charge in [-0.1, -0.05) is 11.6 Å². The van der Waals surface area contributed by atoms with E-state index < -0.39 is 0 Å². The number of nitrogens with one attached hydrogen (secondary N) is 1. The van der Waals surface area contributed by atoms with E-state index in [1.165, 1.54) is 0 Å². The zero-order valence-electron chi connectivity index (χ0n) is 11.8. The molecule has 1 aliphatic rings. The Balaban J connectivity index is 1.89. The van der Waals surface area contributed by atoms with Gasteiger partial charge in [-0.25, -0.2) is 0 Å². The van der Waals surface area contributed by atoms with Gasteiger partial charge in [0, 0.05) is 12.2 Å². The van der Waals surface area contributed by atoms with Crippen LogP contribution < -0.4 is 10.1 Å². The van der Waals surface area contributed by atoms with Crippen molar-refractivity contribution in [2.45, 2.75) is 51.9 Å².